The maximum Gasteiger partial charge on any atom is 0.305 e. The van der Waals surface area contributed by atoms with Gasteiger partial charge in [-0.3, -0.25) is 4.79 Å². The van der Waals surface area contributed by atoms with Gasteiger partial charge in [0.2, 0.25) is 0 Å². The summed E-state index contributed by atoms with van der Waals surface area (Å²) in [6.45, 7) is 1.91. The largest absolute Gasteiger partial charge is 0.469 e. The van der Waals surface area contributed by atoms with Crippen molar-refractivity contribution >= 4 is 5.97 Å². The lowest BCUT2D eigenvalue weighted by atomic mass is 10.1. The highest BCUT2D eigenvalue weighted by atomic mass is 16.5. The van der Waals surface area contributed by atoms with Gasteiger partial charge in [-0.25, -0.2) is 0 Å². The van der Waals surface area contributed by atoms with Crippen molar-refractivity contribution in [2.45, 2.75) is 70.8 Å². The van der Waals surface area contributed by atoms with Gasteiger partial charge in [0.25, 0.3) is 0 Å². The maximum absolute atomic E-state index is 10.9. The Morgan fingerprint density at radius 2 is 1.73 bits per heavy atom. The van der Waals surface area contributed by atoms with E-state index in [1.54, 1.807) is 6.08 Å². The fourth-order valence-electron chi connectivity index (χ4n) is 2.09. The van der Waals surface area contributed by atoms with Crippen LogP contribution in [-0.2, 0) is 9.53 Å². The first-order chi connectivity index (χ1) is 10.7. The third-order valence-electron chi connectivity index (χ3n) is 3.38. The first kappa shape index (κ1) is 20.6. The number of rotatable bonds is 13. The van der Waals surface area contributed by atoms with Gasteiger partial charge in [0.05, 0.1) is 13.2 Å². The van der Waals surface area contributed by atoms with Crippen LogP contribution in [0.15, 0.2) is 36.5 Å². The Labute approximate surface area is 135 Å². The Bertz CT molecular complexity index is 343. The molecule has 0 fully saturated rings. The van der Waals surface area contributed by atoms with Crippen LogP contribution in [0.1, 0.15) is 64.7 Å². The van der Waals surface area contributed by atoms with Crippen molar-refractivity contribution in [3.63, 3.8) is 0 Å². The van der Waals surface area contributed by atoms with Crippen LogP contribution in [0.3, 0.4) is 0 Å². The molecule has 0 aliphatic heterocycles. The molecule has 0 saturated heterocycles. The minimum atomic E-state index is -0.357. The molecule has 1 unspecified atom stereocenters. The number of aliphatic hydroxyl groups excluding tert-OH is 1. The Hall–Kier alpha value is -1.35. The molecule has 3 nitrogen and oxygen atoms in total. The predicted molar refractivity (Wildman–Crippen MR) is 92.7 cm³/mol. The van der Waals surface area contributed by atoms with Gasteiger partial charge in [0, 0.05) is 6.42 Å². The molecule has 0 saturated carbocycles. The van der Waals surface area contributed by atoms with Crippen molar-refractivity contribution in [2.75, 3.05) is 7.11 Å². The summed E-state index contributed by atoms with van der Waals surface area (Å²) in [4.78, 5) is 10.9. The first-order valence-electron chi connectivity index (χ1n) is 8.38. The first-order valence-corrected chi connectivity index (χ1v) is 8.38. The SMILES string of the molecule is CC=CC(O)CC=CCC=CCCCCCCCC(=O)OC. The molecule has 0 bridgehead atoms. The molecule has 0 aromatic heterocycles. The van der Waals surface area contributed by atoms with Crippen molar-refractivity contribution in [1.82, 2.24) is 0 Å². The van der Waals surface area contributed by atoms with Crippen LogP contribution in [0.25, 0.3) is 0 Å². The topological polar surface area (TPSA) is 46.5 Å². The second-order valence-electron chi connectivity index (χ2n) is 5.39. The molecule has 3 heteroatoms. The van der Waals surface area contributed by atoms with Gasteiger partial charge >= 0.3 is 5.97 Å². The number of methoxy groups -OCH3 is 1. The highest BCUT2D eigenvalue weighted by Crippen LogP contribution is 2.08. The quantitative estimate of drug-likeness (QED) is 0.304. The van der Waals surface area contributed by atoms with Gasteiger partial charge in [-0.15, -0.1) is 0 Å². The molecule has 0 aromatic rings. The number of aliphatic hydroxyl groups is 1. The van der Waals surface area contributed by atoms with Gasteiger partial charge in [0.15, 0.2) is 0 Å². The molecular formula is C19H32O3. The molecule has 0 spiro atoms. The lowest BCUT2D eigenvalue weighted by Crippen LogP contribution is -1.99. The van der Waals surface area contributed by atoms with E-state index in [0.29, 0.717) is 12.8 Å². The number of ether oxygens (including phenoxy) is 1. The predicted octanol–water partition coefficient (Wildman–Crippen LogP) is 4.72. The zero-order valence-electron chi connectivity index (χ0n) is 14.2. The smallest absolute Gasteiger partial charge is 0.305 e. The monoisotopic (exact) mass is 308 g/mol. The normalized spacial score (nSPS) is 13.4. The third kappa shape index (κ3) is 15.0. The molecule has 0 rings (SSSR count). The summed E-state index contributed by atoms with van der Waals surface area (Å²) in [5.41, 5.74) is 0. The Morgan fingerprint density at radius 3 is 2.45 bits per heavy atom. The lowest BCUT2D eigenvalue weighted by Gasteiger charge is -2.00. The number of allylic oxidation sites excluding steroid dienone is 4. The highest BCUT2D eigenvalue weighted by molar-refractivity contribution is 5.68. The van der Waals surface area contributed by atoms with Crippen molar-refractivity contribution in [3.8, 4) is 0 Å². The van der Waals surface area contributed by atoms with Gasteiger partial charge in [-0.1, -0.05) is 55.7 Å². The highest BCUT2D eigenvalue weighted by Gasteiger charge is 1.98. The Balaban J connectivity index is 3.34. The number of hydrogen-bond acceptors (Lipinski definition) is 3. The van der Waals surface area contributed by atoms with Gasteiger partial charge in [-0.05, 0) is 39.0 Å². The standard InChI is InChI=1S/C19H32O3/c1-3-15-18(20)16-13-11-9-7-5-4-6-8-10-12-14-17-19(21)22-2/h3,5,7,11,13,15,18,20H,4,6,8-10,12,14,16-17H2,1-2H3. The van der Waals surface area contributed by atoms with E-state index in [0.717, 1.165) is 25.7 Å². The Morgan fingerprint density at radius 1 is 1.05 bits per heavy atom. The van der Waals surface area contributed by atoms with Crippen LogP contribution >= 0.6 is 0 Å². The van der Waals surface area contributed by atoms with Crippen molar-refractivity contribution in [2.24, 2.45) is 0 Å². The fourth-order valence-corrected chi connectivity index (χ4v) is 2.09. The minimum absolute atomic E-state index is 0.103. The van der Waals surface area contributed by atoms with Crippen LogP contribution in [-0.4, -0.2) is 24.3 Å². The summed E-state index contributed by atoms with van der Waals surface area (Å²) in [6.07, 6.45) is 20.8. The van der Waals surface area contributed by atoms with Crippen molar-refractivity contribution < 1.29 is 14.6 Å². The molecule has 1 atom stereocenters. The molecule has 1 N–H and O–H groups in total. The summed E-state index contributed by atoms with van der Waals surface area (Å²) in [7, 11) is 1.44. The number of carbonyl (C=O) groups is 1. The number of hydrogen-bond donors (Lipinski definition) is 1. The van der Waals surface area contributed by atoms with Crippen LogP contribution in [0.5, 0.6) is 0 Å². The van der Waals surface area contributed by atoms with Crippen LogP contribution in [0.4, 0.5) is 0 Å². The number of esters is 1. The molecule has 0 heterocycles. The summed E-state index contributed by atoms with van der Waals surface area (Å²) in [6, 6.07) is 0. The van der Waals surface area contributed by atoms with E-state index < -0.39 is 0 Å². The average Bonchev–Trinajstić information content (AvgIpc) is 2.51. The van der Waals surface area contributed by atoms with Gasteiger partial charge in [0.1, 0.15) is 0 Å². The second-order valence-corrected chi connectivity index (χ2v) is 5.39. The minimum Gasteiger partial charge on any atom is -0.469 e. The van der Waals surface area contributed by atoms with Crippen molar-refractivity contribution in [1.29, 1.82) is 0 Å². The lowest BCUT2D eigenvalue weighted by molar-refractivity contribution is -0.140. The van der Waals surface area contributed by atoms with E-state index in [1.165, 1.54) is 26.4 Å². The number of unbranched alkanes of at least 4 members (excludes halogenated alkanes) is 5. The third-order valence-corrected chi connectivity index (χ3v) is 3.38. The summed E-state index contributed by atoms with van der Waals surface area (Å²) in [5, 5.41) is 9.47. The van der Waals surface area contributed by atoms with E-state index in [9.17, 15) is 9.90 Å². The summed E-state index contributed by atoms with van der Waals surface area (Å²) >= 11 is 0. The molecule has 0 aliphatic carbocycles. The van der Waals surface area contributed by atoms with Crippen molar-refractivity contribution in [3.05, 3.63) is 36.5 Å². The number of carbonyl (C=O) groups excluding carboxylic acids is 1. The van der Waals surface area contributed by atoms with Crippen LogP contribution < -0.4 is 0 Å². The Kier molecular flexibility index (Phi) is 15.0. The fraction of sp³-hybridized carbons (Fsp3) is 0.632. The van der Waals surface area contributed by atoms with Crippen LogP contribution in [0, 0.1) is 0 Å². The molecular weight excluding hydrogens is 276 g/mol. The summed E-state index contributed by atoms with van der Waals surface area (Å²) < 4.78 is 4.60. The molecule has 0 amide bonds. The zero-order chi connectivity index (χ0) is 16.5. The molecule has 126 valence electrons. The molecule has 0 aromatic carbocycles. The zero-order valence-corrected chi connectivity index (χ0v) is 14.2. The molecule has 0 radical (unpaired) electrons. The van der Waals surface area contributed by atoms with Gasteiger partial charge in [-0.2, -0.15) is 0 Å². The summed E-state index contributed by atoms with van der Waals surface area (Å²) in [5.74, 6) is -0.103. The van der Waals surface area contributed by atoms with E-state index in [4.69, 9.17) is 0 Å². The maximum atomic E-state index is 10.9. The average molecular weight is 308 g/mol. The van der Waals surface area contributed by atoms with E-state index in [2.05, 4.69) is 23.0 Å². The van der Waals surface area contributed by atoms with E-state index in [-0.39, 0.29) is 12.1 Å². The molecule has 0 aliphatic rings. The van der Waals surface area contributed by atoms with Crippen LogP contribution in [0.2, 0.25) is 0 Å². The van der Waals surface area contributed by atoms with E-state index in [1.807, 2.05) is 19.1 Å². The molecule has 22 heavy (non-hydrogen) atoms. The second kappa shape index (κ2) is 16.0. The van der Waals surface area contributed by atoms with E-state index >= 15 is 0 Å². The van der Waals surface area contributed by atoms with Gasteiger partial charge < -0.3 is 9.84 Å².